The number of likely N-dealkylation sites (N-methyl/N-ethyl adjacent to an activating group) is 1. The minimum absolute atomic E-state index is 0.180. The van der Waals surface area contributed by atoms with Crippen LogP contribution in [-0.4, -0.2) is 57.2 Å². The van der Waals surface area contributed by atoms with E-state index in [-0.39, 0.29) is 24.1 Å². The SMILES string of the molecule is COc1cccc(-c2[nH]ncc2CNC(=O)c2cn3c(n2)C(=O)N(C)CC3)c1. The number of ether oxygens (including phenoxy) is 1. The number of carbonyl (C=O) groups is 2. The lowest BCUT2D eigenvalue weighted by molar-refractivity contribution is 0.0741. The van der Waals surface area contributed by atoms with Gasteiger partial charge < -0.3 is 19.5 Å². The van der Waals surface area contributed by atoms with Crippen LogP contribution in [-0.2, 0) is 13.1 Å². The summed E-state index contributed by atoms with van der Waals surface area (Å²) < 4.78 is 6.98. The van der Waals surface area contributed by atoms with Gasteiger partial charge in [0.15, 0.2) is 5.82 Å². The third-order valence-corrected chi connectivity index (χ3v) is 4.74. The van der Waals surface area contributed by atoms with E-state index in [2.05, 4.69) is 20.5 Å². The first-order valence-electron chi connectivity index (χ1n) is 8.84. The Kier molecular flexibility index (Phi) is 4.56. The van der Waals surface area contributed by atoms with Crippen molar-refractivity contribution in [3.05, 3.63) is 53.7 Å². The van der Waals surface area contributed by atoms with E-state index >= 15 is 0 Å². The Morgan fingerprint density at radius 1 is 1.36 bits per heavy atom. The van der Waals surface area contributed by atoms with Crippen molar-refractivity contribution in [1.82, 2.24) is 30.0 Å². The summed E-state index contributed by atoms with van der Waals surface area (Å²) in [5, 5.41) is 9.89. The Morgan fingerprint density at radius 3 is 3.04 bits per heavy atom. The summed E-state index contributed by atoms with van der Waals surface area (Å²) in [5.41, 5.74) is 2.78. The van der Waals surface area contributed by atoms with Crippen LogP contribution in [0.2, 0.25) is 0 Å². The van der Waals surface area contributed by atoms with E-state index in [0.717, 1.165) is 22.6 Å². The molecule has 0 radical (unpaired) electrons. The number of H-pyrrole nitrogens is 1. The van der Waals surface area contributed by atoms with Crippen molar-refractivity contribution in [2.45, 2.75) is 13.1 Å². The van der Waals surface area contributed by atoms with Gasteiger partial charge in [0.25, 0.3) is 11.8 Å². The zero-order valence-corrected chi connectivity index (χ0v) is 15.6. The molecule has 0 unspecified atom stereocenters. The molecule has 0 saturated carbocycles. The maximum absolute atomic E-state index is 12.5. The molecule has 2 N–H and O–H groups in total. The van der Waals surface area contributed by atoms with Crippen molar-refractivity contribution in [3.8, 4) is 17.0 Å². The first kappa shape index (κ1) is 17.8. The van der Waals surface area contributed by atoms with Crippen LogP contribution in [0.5, 0.6) is 5.75 Å². The molecule has 0 bridgehead atoms. The number of imidazole rings is 1. The molecule has 1 aliphatic heterocycles. The first-order valence-corrected chi connectivity index (χ1v) is 8.84. The molecule has 9 nitrogen and oxygen atoms in total. The summed E-state index contributed by atoms with van der Waals surface area (Å²) in [6.45, 7) is 1.50. The van der Waals surface area contributed by atoms with Crippen molar-refractivity contribution in [2.24, 2.45) is 0 Å². The Morgan fingerprint density at radius 2 is 2.21 bits per heavy atom. The molecule has 3 heterocycles. The van der Waals surface area contributed by atoms with Crippen molar-refractivity contribution < 1.29 is 14.3 Å². The number of fused-ring (bicyclic) bond motifs is 1. The minimum Gasteiger partial charge on any atom is -0.497 e. The highest BCUT2D eigenvalue weighted by atomic mass is 16.5. The number of aromatic nitrogens is 4. The van der Waals surface area contributed by atoms with Crippen LogP contribution in [0.1, 0.15) is 26.7 Å². The largest absolute Gasteiger partial charge is 0.497 e. The van der Waals surface area contributed by atoms with Gasteiger partial charge in [-0.1, -0.05) is 12.1 Å². The molecule has 3 aromatic rings. The van der Waals surface area contributed by atoms with Gasteiger partial charge in [0.2, 0.25) is 0 Å². The van der Waals surface area contributed by atoms with Gasteiger partial charge in [-0.2, -0.15) is 5.10 Å². The highest BCUT2D eigenvalue weighted by molar-refractivity contribution is 5.96. The van der Waals surface area contributed by atoms with E-state index in [4.69, 9.17) is 4.74 Å². The smallest absolute Gasteiger partial charge is 0.289 e. The Labute approximate surface area is 161 Å². The molecule has 2 aromatic heterocycles. The number of hydrogen-bond donors (Lipinski definition) is 2. The summed E-state index contributed by atoms with van der Waals surface area (Å²) in [4.78, 5) is 30.5. The Balaban J connectivity index is 1.49. The molecule has 0 fully saturated rings. The number of carbonyl (C=O) groups excluding carboxylic acids is 2. The molecule has 0 atom stereocenters. The second-order valence-corrected chi connectivity index (χ2v) is 6.55. The fourth-order valence-corrected chi connectivity index (χ4v) is 3.14. The summed E-state index contributed by atoms with van der Waals surface area (Å²) in [6.07, 6.45) is 3.29. The highest BCUT2D eigenvalue weighted by Crippen LogP contribution is 2.25. The molecular weight excluding hydrogens is 360 g/mol. The van der Waals surface area contributed by atoms with Crippen molar-refractivity contribution in [2.75, 3.05) is 20.7 Å². The van der Waals surface area contributed by atoms with Gasteiger partial charge >= 0.3 is 0 Å². The lowest BCUT2D eigenvalue weighted by atomic mass is 10.1. The van der Waals surface area contributed by atoms with Crippen LogP contribution in [0, 0.1) is 0 Å². The Bertz CT molecular complexity index is 1040. The summed E-state index contributed by atoms with van der Waals surface area (Å²) in [6, 6.07) is 7.58. The number of rotatable bonds is 5. The van der Waals surface area contributed by atoms with Crippen LogP contribution in [0.15, 0.2) is 36.7 Å². The molecule has 0 spiro atoms. The highest BCUT2D eigenvalue weighted by Gasteiger charge is 2.26. The lowest BCUT2D eigenvalue weighted by Gasteiger charge is -2.22. The number of aromatic amines is 1. The zero-order valence-electron chi connectivity index (χ0n) is 15.6. The van der Waals surface area contributed by atoms with Gasteiger partial charge in [-0.3, -0.25) is 14.7 Å². The molecule has 28 heavy (non-hydrogen) atoms. The zero-order chi connectivity index (χ0) is 19.7. The third kappa shape index (κ3) is 3.22. The van der Waals surface area contributed by atoms with Crippen LogP contribution >= 0.6 is 0 Å². The second kappa shape index (κ2) is 7.18. The van der Waals surface area contributed by atoms with Crippen molar-refractivity contribution >= 4 is 11.8 Å². The van der Waals surface area contributed by atoms with E-state index in [9.17, 15) is 9.59 Å². The van der Waals surface area contributed by atoms with Crippen LogP contribution in [0.25, 0.3) is 11.3 Å². The van der Waals surface area contributed by atoms with Crippen LogP contribution < -0.4 is 10.1 Å². The van der Waals surface area contributed by atoms with E-state index in [1.807, 2.05) is 24.3 Å². The summed E-state index contributed by atoms with van der Waals surface area (Å²) in [5.74, 6) is 0.509. The number of hydrogen-bond acceptors (Lipinski definition) is 5. The quantitative estimate of drug-likeness (QED) is 0.694. The standard InChI is InChI=1S/C19H20N6O3/c1-24-6-7-25-11-15(22-17(25)19(24)27)18(26)20-9-13-10-21-23-16(13)12-4-3-5-14(8-12)28-2/h3-5,8,10-11H,6-7,9H2,1-2H3,(H,20,26)(H,21,23). The number of nitrogens with zero attached hydrogens (tertiary/aromatic N) is 4. The van der Waals surface area contributed by atoms with E-state index in [1.54, 1.807) is 36.0 Å². The normalized spacial score (nSPS) is 13.4. The van der Waals surface area contributed by atoms with E-state index in [0.29, 0.717) is 18.9 Å². The second-order valence-electron chi connectivity index (χ2n) is 6.55. The molecule has 0 aliphatic carbocycles. The van der Waals surface area contributed by atoms with Gasteiger partial charge in [0.05, 0.1) is 19.0 Å². The first-order chi connectivity index (χ1) is 13.6. The van der Waals surface area contributed by atoms with Crippen LogP contribution in [0.3, 0.4) is 0 Å². The molecular formula is C19H20N6O3. The molecule has 0 saturated heterocycles. The van der Waals surface area contributed by atoms with E-state index in [1.165, 1.54) is 0 Å². The molecule has 144 valence electrons. The monoisotopic (exact) mass is 380 g/mol. The molecule has 1 aromatic carbocycles. The predicted octanol–water partition coefficient (Wildman–Crippen LogP) is 1.30. The lowest BCUT2D eigenvalue weighted by Crippen LogP contribution is -2.37. The fraction of sp³-hybridized carbons (Fsp3) is 0.263. The van der Waals surface area contributed by atoms with Crippen LogP contribution in [0.4, 0.5) is 0 Å². The van der Waals surface area contributed by atoms with Gasteiger partial charge in [0, 0.05) is 44.0 Å². The summed E-state index contributed by atoms with van der Waals surface area (Å²) in [7, 11) is 3.33. The number of amides is 2. The van der Waals surface area contributed by atoms with Crippen molar-refractivity contribution in [1.29, 1.82) is 0 Å². The number of nitrogens with one attached hydrogen (secondary N) is 2. The maximum Gasteiger partial charge on any atom is 0.289 e. The molecule has 9 heteroatoms. The number of benzene rings is 1. The molecule has 2 amide bonds. The topological polar surface area (TPSA) is 105 Å². The predicted molar refractivity (Wildman–Crippen MR) is 101 cm³/mol. The molecule has 1 aliphatic rings. The Hall–Kier alpha value is -3.62. The van der Waals surface area contributed by atoms with Gasteiger partial charge in [-0.15, -0.1) is 0 Å². The van der Waals surface area contributed by atoms with Gasteiger partial charge in [-0.25, -0.2) is 4.98 Å². The maximum atomic E-state index is 12.5. The van der Waals surface area contributed by atoms with Gasteiger partial charge in [0.1, 0.15) is 11.4 Å². The molecule has 4 rings (SSSR count). The fourth-order valence-electron chi connectivity index (χ4n) is 3.14. The van der Waals surface area contributed by atoms with Crippen molar-refractivity contribution in [3.63, 3.8) is 0 Å². The summed E-state index contributed by atoms with van der Waals surface area (Å²) >= 11 is 0. The average Bonchev–Trinajstić information content (AvgIpc) is 3.36. The number of methoxy groups -OCH3 is 1. The van der Waals surface area contributed by atoms with Gasteiger partial charge in [-0.05, 0) is 12.1 Å². The third-order valence-electron chi connectivity index (χ3n) is 4.74. The average molecular weight is 380 g/mol. The minimum atomic E-state index is -0.338. The van der Waals surface area contributed by atoms with E-state index < -0.39 is 0 Å².